The van der Waals surface area contributed by atoms with E-state index in [1.165, 1.54) is 12.1 Å². The lowest BCUT2D eigenvalue weighted by Gasteiger charge is -2.22. The van der Waals surface area contributed by atoms with Crippen LogP contribution < -0.4 is 14.8 Å². The molecule has 0 spiro atoms. The predicted molar refractivity (Wildman–Crippen MR) is 111 cm³/mol. The third kappa shape index (κ3) is 5.07. The zero-order valence-corrected chi connectivity index (χ0v) is 17.4. The zero-order valence-electron chi connectivity index (χ0n) is 17.4. The van der Waals surface area contributed by atoms with Crippen molar-refractivity contribution >= 4 is 5.91 Å². The molecule has 1 amide bonds. The molecule has 156 valence electrons. The minimum Gasteiger partial charge on any atom is -0.497 e. The van der Waals surface area contributed by atoms with Crippen LogP contribution in [-0.2, 0) is 11.3 Å². The molecule has 1 saturated carbocycles. The molecule has 3 rings (SSSR count). The van der Waals surface area contributed by atoms with Crippen molar-refractivity contribution in [2.75, 3.05) is 28.3 Å². The number of hydrogen-bond donors (Lipinski definition) is 1. The summed E-state index contributed by atoms with van der Waals surface area (Å²) in [4.78, 5) is 14.4. The SMILES string of the molecule is COc1cc(CN[C@@H]2C[C@H](C(=O)N(C)C)[C@@H](c3ccc(F)cc3)C2)cc(OC)c1. The number of nitrogens with one attached hydrogen (secondary N) is 1. The smallest absolute Gasteiger partial charge is 0.225 e. The summed E-state index contributed by atoms with van der Waals surface area (Å²) in [5.74, 6) is 1.31. The molecule has 0 aliphatic heterocycles. The summed E-state index contributed by atoms with van der Waals surface area (Å²) in [6.45, 7) is 0.650. The second-order valence-electron chi connectivity index (χ2n) is 7.77. The van der Waals surface area contributed by atoms with Crippen molar-refractivity contribution in [1.29, 1.82) is 0 Å². The van der Waals surface area contributed by atoms with Gasteiger partial charge in [0.15, 0.2) is 0 Å². The zero-order chi connectivity index (χ0) is 21.0. The Morgan fingerprint density at radius 3 is 2.24 bits per heavy atom. The van der Waals surface area contributed by atoms with Crippen molar-refractivity contribution in [2.45, 2.75) is 31.3 Å². The Hall–Kier alpha value is -2.60. The summed E-state index contributed by atoms with van der Waals surface area (Å²) < 4.78 is 24.0. The monoisotopic (exact) mass is 400 g/mol. The minimum absolute atomic E-state index is 0.0721. The van der Waals surface area contributed by atoms with Crippen LogP contribution in [0, 0.1) is 11.7 Å². The highest BCUT2D eigenvalue weighted by Crippen LogP contribution is 2.41. The van der Waals surface area contributed by atoms with Crippen molar-refractivity contribution in [2.24, 2.45) is 5.92 Å². The summed E-state index contributed by atoms with van der Waals surface area (Å²) in [6.07, 6.45) is 1.58. The Labute approximate surface area is 171 Å². The average Bonchev–Trinajstić information content (AvgIpc) is 3.16. The van der Waals surface area contributed by atoms with Crippen molar-refractivity contribution in [3.8, 4) is 11.5 Å². The largest absolute Gasteiger partial charge is 0.497 e. The molecule has 2 aromatic rings. The molecular formula is C23H29FN2O3. The number of amides is 1. The van der Waals surface area contributed by atoms with Crippen molar-refractivity contribution < 1.29 is 18.7 Å². The Kier molecular flexibility index (Phi) is 6.75. The van der Waals surface area contributed by atoms with Gasteiger partial charge in [0.2, 0.25) is 5.91 Å². The molecule has 0 heterocycles. The summed E-state index contributed by atoms with van der Waals surface area (Å²) in [5.41, 5.74) is 2.07. The van der Waals surface area contributed by atoms with E-state index in [-0.39, 0.29) is 29.6 Å². The molecular weight excluding hydrogens is 371 g/mol. The fraction of sp³-hybridized carbons (Fsp3) is 0.435. The molecule has 1 aliphatic rings. The lowest BCUT2D eigenvalue weighted by Crippen LogP contribution is -2.32. The molecule has 1 N–H and O–H groups in total. The molecule has 29 heavy (non-hydrogen) atoms. The average molecular weight is 400 g/mol. The van der Waals surface area contributed by atoms with Crippen molar-refractivity contribution in [3.05, 3.63) is 59.4 Å². The van der Waals surface area contributed by atoms with Crippen LogP contribution in [0.2, 0.25) is 0 Å². The molecule has 6 heteroatoms. The van der Waals surface area contributed by atoms with Crippen LogP contribution in [0.3, 0.4) is 0 Å². The second kappa shape index (κ2) is 9.27. The molecule has 2 aromatic carbocycles. The van der Waals surface area contributed by atoms with E-state index in [4.69, 9.17) is 9.47 Å². The van der Waals surface area contributed by atoms with Gasteiger partial charge in [-0.3, -0.25) is 4.79 Å². The molecule has 0 aromatic heterocycles. The number of carbonyl (C=O) groups excluding carboxylic acids is 1. The second-order valence-corrected chi connectivity index (χ2v) is 7.77. The summed E-state index contributed by atoms with van der Waals surface area (Å²) in [7, 11) is 6.84. The van der Waals surface area contributed by atoms with Crippen molar-refractivity contribution in [3.63, 3.8) is 0 Å². The summed E-state index contributed by atoms with van der Waals surface area (Å²) in [6, 6.07) is 12.5. The van der Waals surface area contributed by atoms with E-state index in [9.17, 15) is 9.18 Å². The number of benzene rings is 2. The van der Waals surface area contributed by atoms with Gasteiger partial charge in [-0.2, -0.15) is 0 Å². The maximum Gasteiger partial charge on any atom is 0.225 e. The molecule has 3 atom stereocenters. The van der Waals surface area contributed by atoms with Gasteiger partial charge < -0.3 is 19.7 Å². The predicted octanol–water partition coefficient (Wildman–Crippen LogP) is 3.58. The summed E-state index contributed by atoms with van der Waals surface area (Å²) >= 11 is 0. The molecule has 5 nitrogen and oxygen atoms in total. The van der Waals surface area contributed by atoms with E-state index < -0.39 is 0 Å². The van der Waals surface area contributed by atoms with Crippen LogP contribution in [0.5, 0.6) is 11.5 Å². The fourth-order valence-electron chi connectivity index (χ4n) is 4.12. The van der Waals surface area contributed by atoms with Crippen LogP contribution >= 0.6 is 0 Å². The number of carbonyl (C=O) groups is 1. The number of methoxy groups -OCH3 is 2. The third-order valence-corrected chi connectivity index (χ3v) is 5.62. The van der Waals surface area contributed by atoms with Gasteiger partial charge in [-0.1, -0.05) is 12.1 Å². The maximum atomic E-state index is 13.4. The molecule has 0 radical (unpaired) electrons. The van der Waals surface area contributed by atoms with E-state index in [1.807, 2.05) is 18.2 Å². The lowest BCUT2D eigenvalue weighted by atomic mass is 9.88. The van der Waals surface area contributed by atoms with Crippen LogP contribution in [0.1, 0.15) is 29.9 Å². The molecule has 0 bridgehead atoms. The Balaban J connectivity index is 1.74. The highest BCUT2D eigenvalue weighted by Gasteiger charge is 2.40. The first-order valence-electron chi connectivity index (χ1n) is 9.83. The van der Waals surface area contributed by atoms with Gasteiger partial charge in [0, 0.05) is 38.7 Å². The number of halogens is 1. The van der Waals surface area contributed by atoms with Gasteiger partial charge in [-0.25, -0.2) is 4.39 Å². The van der Waals surface area contributed by atoms with Crippen LogP contribution in [0.4, 0.5) is 4.39 Å². The quantitative estimate of drug-likeness (QED) is 0.772. The number of rotatable bonds is 7. The van der Waals surface area contributed by atoms with Gasteiger partial charge in [-0.15, -0.1) is 0 Å². The highest BCUT2D eigenvalue weighted by molar-refractivity contribution is 5.80. The molecule has 0 unspecified atom stereocenters. The Morgan fingerprint density at radius 1 is 1.07 bits per heavy atom. The van der Waals surface area contributed by atoms with Gasteiger partial charge in [0.1, 0.15) is 17.3 Å². The van der Waals surface area contributed by atoms with E-state index in [0.29, 0.717) is 6.54 Å². The normalized spacial score (nSPS) is 21.1. The molecule has 0 saturated heterocycles. The van der Waals surface area contributed by atoms with Gasteiger partial charge in [-0.05, 0) is 54.2 Å². The highest BCUT2D eigenvalue weighted by atomic mass is 19.1. The Bertz CT molecular complexity index is 816. The summed E-state index contributed by atoms with van der Waals surface area (Å²) in [5, 5.41) is 3.58. The fourth-order valence-corrected chi connectivity index (χ4v) is 4.12. The van der Waals surface area contributed by atoms with Crippen LogP contribution in [-0.4, -0.2) is 45.2 Å². The lowest BCUT2D eigenvalue weighted by molar-refractivity contribution is -0.133. The maximum absolute atomic E-state index is 13.4. The number of nitrogens with zero attached hydrogens (tertiary/aromatic N) is 1. The van der Waals surface area contributed by atoms with Crippen LogP contribution in [0.15, 0.2) is 42.5 Å². The van der Waals surface area contributed by atoms with Crippen LogP contribution in [0.25, 0.3) is 0 Å². The first kappa shape index (κ1) is 21.1. The molecule has 1 fully saturated rings. The number of ether oxygens (including phenoxy) is 2. The van der Waals surface area contributed by atoms with Gasteiger partial charge >= 0.3 is 0 Å². The minimum atomic E-state index is -0.260. The van der Waals surface area contributed by atoms with E-state index in [0.717, 1.165) is 35.5 Å². The van der Waals surface area contributed by atoms with E-state index in [2.05, 4.69) is 5.32 Å². The first-order valence-corrected chi connectivity index (χ1v) is 9.83. The standard InChI is InChI=1S/C23H29FN2O3/c1-26(2)23(27)22-12-18(11-21(22)16-5-7-17(24)8-6-16)25-14-15-9-19(28-3)13-20(10-15)29-4/h5-10,13,18,21-22,25H,11-12,14H2,1-4H3/t18-,21+,22-/m0/s1. The topological polar surface area (TPSA) is 50.8 Å². The molecule has 1 aliphatic carbocycles. The third-order valence-electron chi connectivity index (χ3n) is 5.62. The van der Waals surface area contributed by atoms with Gasteiger partial charge in [0.05, 0.1) is 14.2 Å². The van der Waals surface area contributed by atoms with E-state index >= 15 is 0 Å². The van der Waals surface area contributed by atoms with E-state index in [1.54, 1.807) is 45.3 Å². The van der Waals surface area contributed by atoms with Gasteiger partial charge in [0.25, 0.3) is 0 Å². The number of hydrogen-bond acceptors (Lipinski definition) is 4. The van der Waals surface area contributed by atoms with Crippen molar-refractivity contribution in [1.82, 2.24) is 10.2 Å². The first-order chi connectivity index (χ1) is 13.9. The Morgan fingerprint density at radius 2 is 1.69 bits per heavy atom.